The van der Waals surface area contributed by atoms with E-state index in [-0.39, 0.29) is 11.8 Å². The summed E-state index contributed by atoms with van der Waals surface area (Å²) >= 11 is 1.46. The highest BCUT2D eigenvalue weighted by Crippen LogP contribution is 2.28. The topological polar surface area (TPSA) is 72.1 Å². The molecule has 21 heavy (non-hydrogen) atoms. The van der Waals surface area contributed by atoms with Crippen molar-refractivity contribution in [3.8, 4) is 0 Å². The first-order valence-electron chi connectivity index (χ1n) is 7.08. The lowest BCUT2D eigenvalue weighted by molar-refractivity contribution is 0.0699. The molecule has 1 atom stereocenters. The van der Waals surface area contributed by atoms with Crippen LogP contribution in [0, 0.1) is 20.8 Å². The van der Waals surface area contributed by atoms with E-state index in [9.17, 15) is 4.79 Å². The summed E-state index contributed by atoms with van der Waals surface area (Å²) in [7, 11) is 0. The minimum Gasteiger partial charge on any atom is -0.339 e. The average molecular weight is 306 g/mol. The van der Waals surface area contributed by atoms with Crippen LogP contribution in [0.2, 0.25) is 0 Å². The van der Waals surface area contributed by atoms with Gasteiger partial charge in [-0.3, -0.25) is 4.79 Å². The molecule has 6 nitrogen and oxygen atoms in total. The minimum atomic E-state index is 0.0686. The first-order chi connectivity index (χ1) is 10.0. The molecule has 1 aliphatic heterocycles. The Morgan fingerprint density at radius 1 is 1.33 bits per heavy atom. The summed E-state index contributed by atoms with van der Waals surface area (Å²) in [6.45, 7) is 7.03. The second-order valence-corrected chi connectivity index (χ2v) is 6.62. The zero-order valence-electron chi connectivity index (χ0n) is 12.4. The molecule has 3 heterocycles. The van der Waals surface area contributed by atoms with Gasteiger partial charge in [0.05, 0.1) is 16.6 Å². The Kier molecular flexibility index (Phi) is 3.75. The van der Waals surface area contributed by atoms with Crippen molar-refractivity contribution in [3.05, 3.63) is 27.3 Å². The first-order valence-corrected chi connectivity index (χ1v) is 7.89. The summed E-state index contributed by atoms with van der Waals surface area (Å²) in [4.78, 5) is 23.9. The highest BCUT2D eigenvalue weighted by Gasteiger charge is 2.30. The predicted molar refractivity (Wildman–Crippen MR) is 78.5 cm³/mol. The van der Waals surface area contributed by atoms with E-state index in [4.69, 9.17) is 4.52 Å². The summed E-state index contributed by atoms with van der Waals surface area (Å²) in [5.41, 5.74) is 0.818. The van der Waals surface area contributed by atoms with Gasteiger partial charge in [0.15, 0.2) is 5.82 Å². The number of hydrogen-bond donors (Lipinski definition) is 0. The quantitative estimate of drug-likeness (QED) is 0.852. The third-order valence-electron chi connectivity index (χ3n) is 3.70. The number of carbonyl (C=O) groups excluding carboxylic acids is 1. The molecule has 7 heteroatoms. The van der Waals surface area contributed by atoms with Gasteiger partial charge in [-0.2, -0.15) is 4.98 Å². The molecule has 0 radical (unpaired) electrons. The van der Waals surface area contributed by atoms with Crippen molar-refractivity contribution in [1.82, 2.24) is 20.0 Å². The Labute approximate surface area is 127 Å². The number of nitrogens with zero attached hydrogens (tertiary/aromatic N) is 4. The number of likely N-dealkylation sites (tertiary alicyclic amines) is 1. The van der Waals surface area contributed by atoms with Crippen molar-refractivity contribution >= 4 is 17.2 Å². The van der Waals surface area contributed by atoms with E-state index >= 15 is 0 Å². The molecular formula is C14H18N4O2S. The largest absolute Gasteiger partial charge is 0.339 e. The maximum absolute atomic E-state index is 12.6. The molecule has 3 rings (SSSR count). The molecule has 0 N–H and O–H groups in total. The molecule has 1 unspecified atom stereocenters. The molecule has 1 fully saturated rings. The van der Waals surface area contributed by atoms with Gasteiger partial charge >= 0.3 is 0 Å². The van der Waals surface area contributed by atoms with Crippen LogP contribution < -0.4 is 0 Å². The van der Waals surface area contributed by atoms with Crippen LogP contribution in [0.3, 0.4) is 0 Å². The van der Waals surface area contributed by atoms with Gasteiger partial charge in [-0.25, -0.2) is 4.98 Å². The Morgan fingerprint density at radius 3 is 2.76 bits per heavy atom. The second-order valence-electron chi connectivity index (χ2n) is 5.42. The fourth-order valence-electron chi connectivity index (χ4n) is 2.72. The van der Waals surface area contributed by atoms with Crippen molar-refractivity contribution < 1.29 is 9.32 Å². The predicted octanol–water partition coefficient (Wildman–Crippen LogP) is 2.47. The van der Waals surface area contributed by atoms with Gasteiger partial charge in [0.25, 0.3) is 5.91 Å². The van der Waals surface area contributed by atoms with E-state index in [0.29, 0.717) is 18.3 Å². The van der Waals surface area contributed by atoms with Crippen LogP contribution in [0.15, 0.2) is 4.52 Å². The molecule has 0 aromatic carbocycles. The van der Waals surface area contributed by atoms with Crippen LogP contribution in [0.25, 0.3) is 0 Å². The van der Waals surface area contributed by atoms with Crippen LogP contribution in [-0.2, 0) is 0 Å². The molecule has 0 aliphatic carbocycles. The summed E-state index contributed by atoms with van der Waals surface area (Å²) in [6.07, 6.45) is 1.93. The number of piperidine rings is 1. The Balaban J connectivity index is 1.77. The van der Waals surface area contributed by atoms with Crippen LogP contribution in [0.5, 0.6) is 0 Å². The molecule has 0 saturated carbocycles. The van der Waals surface area contributed by atoms with Gasteiger partial charge in [-0.1, -0.05) is 5.16 Å². The van der Waals surface area contributed by atoms with Gasteiger partial charge < -0.3 is 9.42 Å². The highest BCUT2D eigenvalue weighted by molar-refractivity contribution is 7.13. The van der Waals surface area contributed by atoms with Crippen LogP contribution in [0.1, 0.15) is 50.8 Å². The third kappa shape index (κ3) is 2.83. The number of aryl methyl sites for hydroxylation is 3. The van der Waals surface area contributed by atoms with E-state index in [1.807, 2.05) is 25.7 Å². The Bertz CT molecular complexity index is 664. The van der Waals surface area contributed by atoms with Gasteiger partial charge in [-0.15, -0.1) is 11.3 Å². The number of amides is 1. The monoisotopic (exact) mass is 306 g/mol. The molecular weight excluding hydrogens is 288 g/mol. The summed E-state index contributed by atoms with van der Waals surface area (Å²) in [6, 6.07) is 0. The van der Waals surface area contributed by atoms with Gasteiger partial charge in [0, 0.05) is 13.1 Å². The normalized spacial score (nSPS) is 19.0. The number of carbonyl (C=O) groups is 1. The van der Waals surface area contributed by atoms with Crippen molar-refractivity contribution in [2.45, 2.75) is 39.5 Å². The van der Waals surface area contributed by atoms with E-state index < -0.39 is 0 Å². The molecule has 2 aromatic heterocycles. The van der Waals surface area contributed by atoms with Crippen LogP contribution in [0.4, 0.5) is 0 Å². The van der Waals surface area contributed by atoms with Crippen molar-refractivity contribution in [3.63, 3.8) is 0 Å². The van der Waals surface area contributed by atoms with Crippen molar-refractivity contribution in [1.29, 1.82) is 0 Å². The molecule has 2 aromatic rings. The number of thiazole rings is 1. The lowest BCUT2D eigenvalue weighted by Gasteiger charge is -2.30. The average Bonchev–Trinajstić information content (AvgIpc) is 3.04. The second kappa shape index (κ2) is 5.55. The molecule has 1 aliphatic rings. The molecule has 1 amide bonds. The van der Waals surface area contributed by atoms with Crippen LogP contribution >= 0.6 is 11.3 Å². The Hall–Kier alpha value is -1.76. The fourth-order valence-corrected chi connectivity index (χ4v) is 3.60. The maximum Gasteiger partial charge on any atom is 0.265 e. The number of hydrogen-bond acceptors (Lipinski definition) is 6. The SMILES string of the molecule is Cc1noc(C2CCCN(C(=O)c3sc(C)nc3C)C2)n1. The van der Waals surface area contributed by atoms with Crippen LogP contribution in [-0.4, -0.2) is 39.0 Å². The van der Waals surface area contributed by atoms with E-state index in [0.717, 1.165) is 35.0 Å². The summed E-state index contributed by atoms with van der Waals surface area (Å²) in [5.74, 6) is 1.49. The fraction of sp³-hybridized carbons (Fsp3) is 0.571. The lowest BCUT2D eigenvalue weighted by Crippen LogP contribution is -2.39. The smallest absolute Gasteiger partial charge is 0.265 e. The zero-order valence-corrected chi connectivity index (χ0v) is 13.2. The zero-order chi connectivity index (χ0) is 15.0. The molecule has 112 valence electrons. The minimum absolute atomic E-state index is 0.0686. The summed E-state index contributed by atoms with van der Waals surface area (Å²) < 4.78 is 5.26. The molecule has 1 saturated heterocycles. The number of rotatable bonds is 2. The van der Waals surface area contributed by atoms with E-state index in [1.54, 1.807) is 0 Å². The maximum atomic E-state index is 12.6. The Morgan fingerprint density at radius 2 is 2.14 bits per heavy atom. The lowest BCUT2D eigenvalue weighted by atomic mass is 9.98. The number of aromatic nitrogens is 3. The van der Waals surface area contributed by atoms with Crippen molar-refractivity contribution in [2.75, 3.05) is 13.1 Å². The highest BCUT2D eigenvalue weighted by atomic mass is 32.1. The first kappa shape index (κ1) is 14.2. The van der Waals surface area contributed by atoms with Gasteiger partial charge in [0.1, 0.15) is 4.88 Å². The summed E-state index contributed by atoms with van der Waals surface area (Å²) in [5, 5.41) is 4.77. The van der Waals surface area contributed by atoms with Crippen molar-refractivity contribution in [2.24, 2.45) is 0 Å². The molecule has 0 spiro atoms. The molecule has 0 bridgehead atoms. The van der Waals surface area contributed by atoms with E-state index in [2.05, 4.69) is 15.1 Å². The third-order valence-corrected chi connectivity index (χ3v) is 4.76. The van der Waals surface area contributed by atoms with E-state index in [1.165, 1.54) is 11.3 Å². The van der Waals surface area contributed by atoms with Gasteiger partial charge in [-0.05, 0) is 33.6 Å². The van der Waals surface area contributed by atoms with Gasteiger partial charge in [0.2, 0.25) is 5.89 Å². The standard InChI is InChI=1S/C14H18N4O2S/c1-8-12(21-10(3)15-8)14(19)18-6-4-5-11(7-18)13-16-9(2)17-20-13/h11H,4-7H2,1-3H3.